The number of piperazine rings is 1. The van der Waals surface area contributed by atoms with Crippen LogP contribution in [0.5, 0.6) is 0 Å². The Morgan fingerprint density at radius 3 is 2.67 bits per heavy atom. The number of rotatable bonds is 11. The molecule has 0 radical (unpaired) electrons. The lowest BCUT2D eigenvalue weighted by Gasteiger charge is -2.33. The lowest BCUT2D eigenvalue weighted by Crippen LogP contribution is -2.54. The van der Waals surface area contributed by atoms with E-state index >= 15 is 0 Å². The summed E-state index contributed by atoms with van der Waals surface area (Å²) in [6, 6.07) is 16.1. The average Bonchev–Trinajstić information content (AvgIpc) is 3.36. The zero-order chi connectivity index (χ0) is 31.9. The van der Waals surface area contributed by atoms with Gasteiger partial charge in [-0.3, -0.25) is 14.4 Å². The Morgan fingerprint density at radius 1 is 1.11 bits per heavy atom. The minimum atomic E-state index is -0.323. The summed E-state index contributed by atoms with van der Waals surface area (Å²) in [4.78, 5) is 41.7. The standard InChI is InChI=1S/C34H39FN6O4/c1-4-36-33(43)25-18-29-31(23-9-6-5-7-10-23)27(17-24-11-8-12-28(35)22(24)2)32(41(29)39-20-25)34(44)40-15-13-37-26(21-40)19-30(42)38-14-16-45-3/h5-12,18,20,26,37H,4,13-17,19,21H2,1-3H3,(H,36,43)(H,38,42)/t26-/m0/s1. The van der Waals surface area contributed by atoms with Gasteiger partial charge in [0.05, 0.1) is 23.9 Å². The summed E-state index contributed by atoms with van der Waals surface area (Å²) in [5, 5.41) is 13.6. The molecule has 236 valence electrons. The molecular formula is C34H39FN6O4. The molecule has 1 fully saturated rings. The van der Waals surface area contributed by atoms with E-state index in [4.69, 9.17) is 4.74 Å². The Morgan fingerprint density at radius 2 is 1.91 bits per heavy atom. The number of amides is 3. The molecule has 3 N–H and O–H groups in total. The Hall–Kier alpha value is -4.61. The van der Waals surface area contributed by atoms with Gasteiger partial charge in [0.25, 0.3) is 11.8 Å². The molecule has 0 unspecified atom stereocenters. The number of aromatic nitrogens is 2. The van der Waals surface area contributed by atoms with Gasteiger partial charge in [-0.25, -0.2) is 8.91 Å². The molecule has 0 saturated carbocycles. The van der Waals surface area contributed by atoms with Gasteiger partial charge in [-0.2, -0.15) is 5.10 Å². The number of ether oxygens (including phenoxy) is 1. The monoisotopic (exact) mass is 614 g/mol. The van der Waals surface area contributed by atoms with E-state index in [2.05, 4.69) is 21.0 Å². The van der Waals surface area contributed by atoms with E-state index in [9.17, 15) is 18.8 Å². The number of carbonyl (C=O) groups is 3. The van der Waals surface area contributed by atoms with E-state index in [0.717, 1.165) is 16.7 Å². The van der Waals surface area contributed by atoms with Crippen LogP contribution in [-0.2, 0) is 16.0 Å². The lowest BCUT2D eigenvalue weighted by molar-refractivity contribution is -0.122. The van der Waals surface area contributed by atoms with Gasteiger partial charge in [-0.1, -0.05) is 42.5 Å². The molecule has 0 spiro atoms. The van der Waals surface area contributed by atoms with Crippen LogP contribution >= 0.6 is 0 Å². The molecule has 1 saturated heterocycles. The van der Waals surface area contributed by atoms with Crippen molar-refractivity contribution in [3.05, 3.63) is 94.6 Å². The number of methoxy groups -OCH3 is 1. The van der Waals surface area contributed by atoms with E-state index in [1.54, 1.807) is 35.6 Å². The maximum atomic E-state index is 14.7. The Balaban J connectivity index is 1.62. The summed E-state index contributed by atoms with van der Waals surface area (Å²) in [6.45, 7) is 6.13. The molecule has 1 aliphatic rings. The number of nitrogens with zero attached hydrogens (tertiary/aromatic N) is 3. The maximum Gasteiger partial charge on any atom is 0.272 e. The van der Waals surface area contributed by atoms with Crippen LogP contribution in [0, 0.1) is 12.7 Å². The number of nitrogens with one attached hydrogen (secondary N) is 3. The van der Waals surface area contributed by atoms with Crippen LogP contribution < -0.4 is 16.0 Å². The SMILES string of the molecule is CCNC(=O)c1cnn2c(C(=O)N3CCN[C@@H](CC(=O)NCCOC)C3)c(Cc3cccc(F)c3C)c(-c3ccccc3)c2c1. The molecule has 4 aromatic rings. The van der Waals surface area contributed by atoms with Crippen molar-refractivity contribution in [1.82, 2.24) is 30.5 Å². The van der Waals surface area contributed by atoms with Gasteiger partial charge < -0.3 is 25.6 Å². The lowest BCUT2D eigenvalue weighted by atomic mass is 9.93. The van der Waals surface area contributed by atoms with Crippen molar-refractivity contribution in [1.29, 1.82) is 0 Å². The van der Waals surface area contributed by atoms with E-state index in [0.29, 0.717) is 67.2 Å². The zero-order valence-electron chi connectivity index (χ0n) is 25.9. The first-order valence-electron chi connectivity index (χ1n) is 15.2. The molecule has 45 heavy (non-hydrogen) atoms. The van der Waals surface area contributed by atoms with Crippen LogP contribution in [-0.4, -0.2) is 84.7 Å². The predicted octanol–water partition coefficient (Wildman–Crippen LogP) is 3.36. The third-order valence-corrected chi connectivity index (χ3v) is 8.10. The zero-order valence-corrected chi connectivity index (χ0v) is 25.9. The summed E-state index contributed by atoms with van der Waals surface area (Å²) in [6.07, 6.45) is 1.94. The Labute approximate surface area is 261 Å². The Bertz CT molecular complexity index is 1690. The van der Waals surface area contributed by atoms with Gasteiger partial charge in [0.2, 0.25) is 5.91 Å². The van der Waals surface area contributed by atoms with Gasteiger partial charge in [-0.05, 0) is 48.2 Å². The molecule has 1 atom stereocenters. The highest BCUT2D eigenvalue weighted by Crippen LogP contribution is 2.36. The van der Waals surface area contributed by atoms with E-state index in [1.165, 1.54) is 12.3 Å². The fourth-order valence-electron chi connectivity index (χ4n) is 5.81. The summed E-state index contributed by atoms with van der Waals surface area (Å²) in [5.74, 6) is -0.964. The first-order chi connectivity index (χ1) is 21.8. The number of benzene rings is 2. The summed E-state index contributed by atoms with van der Waals surface area (Å²) in [7, 11) is 1.58. The van der Waals surface area contributed by atoms with E-state index in [-0.39, 0.29) is 42.4 Å². The molecule has 3 heterocycles. The van der Waals surface area contributed by atoms with Crippen molar-refractivity contribution >= 4 is 23.2 Å². The summed E-state index contributed by atoms with van der Waals surface area (Å²) in [5.41, 5.74) is 4.85. The fourth-order valence-corrected chi connectivity index (χ4v) is 5.81. The van der Waals surface area contributed by atoms with Crippen molar-refractivity contribution in [3.8, 4) is 11.1 Å². The Kier molecular flexibility index (Phi) is 10.2. The predicted molar refractivity (Wildman–Crippen MR) is 170 cm³/mol. The largest absolute Gasteiger partial charge is 0.383 e. The minimum absolute atomic E-state index is 0.125. The smallest absolute Gasteiger partial charge is 0.272 e. The molecule has 2 aromatic carbocycles. The van der Waals surface area contributed by atoms with Crippen LogP contribution in [0.25, 0.3) is 16.6 Å². The van der Waals surface area contributed by atoms with E-state index in [1.807, 2.05) is 43.3 Å². The van der Waals surface area contributed by atoms with Gasteiger partial charge >= 0.3 is 0 Å². The second-order valence-electron chi connectivity index (χ2n) is 11.1. The quantitative estimate of drug-likeness (QED) is 0.223. The van der Waals surface area contributed by atoms with E-state index < -0.39 is 0 Å². The van der Waals surface area contributed by atoms with Gasteiger partial charge in [-0.15, -0.1) is 0 Å². The van der Waals surface area contributed by atoms with Gasteiger partial charge in [0.1, 0.15) is 11.5 Å². The highest BCUT2D eigenvalue weighted by Gasteiger charge is 2.32. The topological polar surface area (TPSA) is 117 Å². The third-order valence-electron chi connectivity index (χ3n) is 8.10. The average molecular weight is 615 g/mol. The van der Waals surface area contributed by atoms with Crippen molar-refractivity contribution in [2.45, 2.75) is 32.7 Å². The molecule has 1 aliphatic heterocycles. The summed E-state index contributed by atoms with van der Waals surface area (Å²) < 4.78 is 21.4. The van der Waals surface area contributed by atoms with Crippen LogP contribution in [0.2, 0.25) is 0 Å². The van der Waals surface area contributed by atoms with Crippen LogP contribution in [0.1, 0.15) is 50.9 Å². The number of fused-ring (bicyclic) bond motifs is 1. The first-order valence-corrected chi connectivity index (χ1v) is 15.2. The molecular weight excluding hydrogens is 575 g/mol. The second-order valence-corrected chi connectivity index (χ2v) is 11.1. The highest BCUT2D eigenvalue weighted by molar-refractivity contribution is 6.03. The molecule has 5 rings (SSSR count). The van der Waals surface area contributed by atoms with Gasteiger partial charge in [0.15, 0.2) is 0 Å². The van der Waals surface area contributed by atoms with Crippen molar-refractivity contribution in [3.63, 3.8) is 0 Å². The molecule has 11 heteroatoms. The second kappa shape index (κ2) is 14.4. The van der Waals surface area contributed by atoms with Gasteiger partial charge in [0, 0.05) is 64.3 Å². The molecule has 0 bridgehead atoms. The normalized spacial score (nSPS) is 14.8. The fraction of sp³-hybridized carbons (Fsp3) is 0.353. The number of hydrogen-bond acceptors (Lipinski definition) is 6. The number of carbonyl (C=O) groups excluding carboxylic acids is 3. The highest BCUT2D eigenvalue weighted by atomic mass is 19.1. The van der Waals surface area contributed by atoms with Crippen LogP contribution in [0.3, 0.4) is 0 Å². The molecule has 3 amide bonds. The third kappa shape index (κ3) is 7.05. The van der Waals surface area contributed by atoms with Crippen LogP contribution in [0.15, 0.2) is 60.8 Å². The number of hydrogen-bond donors (Lipinski definition) is 3. The number of halogens is 1. The van der Waals surface area contributed by atoms with Crippen molar-refractivity contribution < 1.29 is 23.5 Å². The first kappa shape index (κ1) is 31.8. The van der Waals surface area contributed by atoms with Crippen molar-refractivity contribution in [2.24, 2.45) is 0 Å². The maximum absolute atomic E-state index is 14.7. The minimum Gasteiger partial charge on any atom is -0.383 e. The molecule has 10 nitrogen and oxygen atoms in total. The molecule has 2 aromatic heterocycles. The van der Waals surface area contributed by atoms with Crippen LogP contribution in [0.4, 0.5) is 4.39 Å². The summed E-state index contributed by atoms with van der Waals surface area (Å²) >= 11 is 0. The molecule has 0 aliphatic carbocycles. The van der Waals surface area contributed by atoms with Crippen molar-refractivity contribution in [2.75, 3.05) is 46.4 Å².